The fourth-order valence-electron chi connectivity index (χ4n) is 3.92. The van der Waals surface area contributed by atoms with Crippen LogP contribution in [-0.2, 0) is 6.54 Å². The van der Waals surface area contributed by atoms with Gasteiger partial charge in [-0.3, -0.25) is 0 Å². The van der Waals surface area contributed by atoms with Crippen molar-refractivity contribution in [2.75, 3.05) is 37.6 Å². The molecule has 28 heavy (non-hydrogen) atoms. The highest BCUT2D eigenvalue weighted by molar-refractivity contribution is 6.31. The van der Waals surface area contributed by atoms with Gasteiger partial charge in [-0.2, -0.15) is 5.10 Å². The first-order valence-electron chi connectivity index (χ1n) is 11.0. The van der Waals surface area contributed by atoms with Crippen molar-refractivity contribution < 1.29 is 0 Å². The lowest BCUT2D eigenvalue weighted by molar-refractivity contribution is 0.306. The maximum absolute atomic E-state index is 6.47. The number of anilines is 1. The molecule has 1 aliphatic rings. The molecule has 2 aromatic rings. The average Bonchev–Trinajstić information content (AvgIpc) is 3.17. The smallest absolute Gasteiger partial charge is 0.127 e. The summed E-state index contributed by atoms with van der Waals surface area (Å²) in [6.45, 7) is 17.2. The number of likely N-dealkylation sites (N-methyl/N-ethyl adjacent to an activating group) is 1. The van der Waals surface area contributed by atoms with Crippen LogP contribution in [0.15, 0.2) is 30.3 Å². The molecule has 4 nitrogen and oxygen atoms in total. The van der Waals surface area contributed by atoms with Crippen molar-refractivity contribution in [2.45, 2.75) is 59.9 Å². The Bertz CT molecular complexity index is 708. The molecule has 0 amide bonds. The van der Waals surface area contributed by atoms with E-state index in [1.54, 1.807) is 0 Å². The van der Waals surface area contributed by atoms with Crippen LogP contribution in [0.25, 0.3) is 0 Å². The van der Waals surface area contributed by atoms with Crippen LogP contribution in [0.1, 0.15) is 64.6 Å². The van der Waals surface area contributed by atoms with E-state index in [0.29, 0.717) is 0 Å². The molecule has 0 fully saturated rings. The molecule has 0 N–H and O–H groups in total. The van der Waals surface area contributed by atoms with E-state index < -0.39 is 0 Å². The van der Waals surface area contributed by atoms with Gasteiger partial charge >= 0.3 is 0 Å². The third kappa shape index (κ3) is 5.30. The molecule has 0 radical (unpaired) electrons. The number of hydrogen-bond donors (Lipinski definition) is 0. The highest BCUT2D eigenvalue weighted by Gasteiger charge is 2.24. The summed E-state index contributed by atoms with van der Waals surface area (Å²) >= 11 is 6.47. The van der Waals surface area contributed by atoms with E-state index in [2.05, 4.69) is 53.5 Å². The van der Waals surface area contributed by atoms with E-state index in [0.717, 1.165) is 62.8 Å². The Morgan fingerprint density at radius 2 is 1.82 bits per heavy atom. The van der Waals surface area contributed by atoms with Crippen molar-refractivity contribution in [2.24, 2.45) is 0 Å². The second-order valence-electron chi connectivity index (χ2n) is 7.00. The number of nitrogens with zero attached hydrogens (tertiary/aromatic N) is 4. The van der Waals surface area contributed by atoms with Gasteiger partial charge in [-0.05, 0) is 37.6 Å². The molecule has 1 unspecified atom stereocenters. The molecule has 0 bridgehead atoms. The lowest BCUT2D eigenvalue weighted by Crippen LogP contribution is -2.39. The Balaban J connectivity index is 0.00000136. The third-order valence-corrected chi connectivity index (χ3v) is 5.87. The van der Waals surface area contributed by atoms with E-state index in [1.807, 2.05) is 26.0 Å². The van der Waals surface area contributed by atoms with Crippen LogP contribution < -0.4 is 4.90 Å². The predicted molar refractivity (Wildman–Crippen MR) is 122 cm³/mol. The van der Waals surface area contributed by atoms with Gasteiger partial charge in [-0.25, -0.2) is 4.68 Å². The second-order valence-corrected chi connectivity index (χ2v) is 7.41. The number of benzene rings is 1. The van der Waals surface area contributed by atoms with Crippen LogP contribution in [-0.4, -0.2) is 47.4 Å². The highest BCUT2D eigenvalue weighted by atomic mass is 35.5. The van der Waals surface area contributed by atoms with Gasteiger partial charge in [0.1, 0.15) is 5.82 Å². The van der Waals surface area contributed by atoms with Gasteiger partial charge in [0.15, 0.2) is 0 Å². The normalized spacial score (nSPS) is 14.5. The van der Waals surface area contributed by atoms with Crippen LogP contribution in [0.4, 0.5) is 5.82 Å². The fraction of sp³-hybridized carbons (Fsp3) is 0.609. The standard InChI is InChI=1S/C21H31ClN4.C2H6/c1-4-17(18-10-7-8-11-19(18)22)20-16-21-25(12-9-13-26(21)23-20)15-14-24(5-2)6-3;1-2/h7-8,10-11,16-17H,4-6,9,12-15H2,1-3H3;1-2H3. The number of fused-ring (bicyclic) bond motifs is 1. The van der Waals surface area contributed by atoms with Crippen molar-refractivity contribution in [3.63, 3.8) is 0 Å². The maximum Gasteiger partial charge on any atom is 0.127 e. The summed E-state index contributed by atoms with van der Waals surface area (Å²) in [6, 6.07) is 10.5. The predicted octanol–water partition coefficient (Wildman–Crippen LogP) is 5.66. The number of hydrogen-bond acceptors (Lipinski definition) is 3. The SMILES string of the molecule is CC.CCC(c1cc2n(n1)CCCN2CCN(CC)CC)c1ccccc1Cl. The fourth-order valence-corrected chi connectivity index (χ4v) is 4.18. The number of halogens is 1. The van der Waals surface area contributed by atoms with Crippen molar-refractivity contribution in [1.82, 2.24) is 14.7 Å². The molecule has 0 saturated carbocycles. The van der Waals surface area contributed by atoms with Crippen LogP contribution in [0.5, 0.6) is 0 Å². The van der Waals surface area contributed by atoms with Crippen LogP contribution in [0.3, 0.4) is 0 Å². The summed E-state index contributed by atoms with van der Waals surface area (Å²) in [5, 5.41) is 5.80. The summed E-state index contributed by atoms with van der Waals surface area (Å²) in [4.78, 5) is 4.98. The molecule has 0 aliphatic carbocycles. The summed E-state index contributed by atoms with van der Waals surface area (Å²) in [7, 11) is 0. The van der Waals surface area contributed by atoms with Gasteiger partial charge in [-0.15, -0.1) is 0 Å². The van der Waals surface area contributed by atoms with Crippen molar-refractivity contribution in [3.05, 3.63) is 46.6 Å². The minimum atomic E-state index is 0.256. The molecule has 2 heterocycles. The monoisotopic (exact) mass is 404 g/mol. The zero-order valence-electron chi connectivity index (χ0n) is 18.3. The zero-order chi connectivity index (χ0) is 20.5. The van der Waals surface area contributed by atoms with Crippen LogP contribution in [0.2, 0.25) is 5.02 Å². The van der Waals surface area contributed by atoms with E-state index >= 15 is 0 Å². The van der Waals surface area contributed by atoms with Crippen molar-refractivity contribution >= 4 is 17.4 Å². The highest BCUT2D eigenvalue weighted by Crippen LogP contribution is 2.34. The maximum atomic E-state index is 6.47. The summed E-state index contributed by atoms with van der Waals surface area (Å²) in [5.74, 6) is 1.52. The lowest BCUT2D eigenvalue weighted by Gasteiger charge is -2.31. The van der Waals surface area contributed by atoms with Crippen molar-refractivity contribution in [3.8, 4) is 0 Å². The number of aromatic nitrogens is 2. The van der Waals surface area contributed by atoms with E-state index in [4.69, 9.17) is 16.7 Å². The molecule has 0 spiro atoms. The Kier molecular flexibility index (Phi) is 9.33. The van der Waals surface area contributed by atoms with Gasteiger partial charge in [0, 0.05) is 43.2 Å². The van der Waals surface area contributed by atoms with Crippen molar-refractivity contribution in [1.29, 1.82) is 0 Å². The summed E-state index contributed by atoms with van der Waals surface area (Å²) < 4.78 is 2.20. The van der Waals surface area contributed by atoms with E-state index in [9.17, 15) is 0 Å². The van der Waals surface area contributed by atoms with Gasteiger partial charge < -0.3 is 9.80 Å². The Labute approximate surface area is 176 Å². The van der Waals surface area contributed by atoms with Gasteiger partial charge in [0.2, 0.25) is 0 Å². The minimum absolute atomic E-state index is 0.256. The Morgan fingerprint density at radius 3 is 2.46 bits per heavy atom. The summed E-state index contributed by atoms with van der Waals surface area (Å²) in [6.07, 6.45) is 2.16. The first-order chi connectivity index (χ1) is 13.7. The molecule has 3 rings (SSSR count). The van der Waals surface area contributed by atoms with Gasteiger partial charge in [0.05, 0.1) is 5.69 Å². The third-order valence-electron chi connectivity index (χ3n) is 5.53. The Hall–Kier alpha value is -1.52. The number of aryl methyl sites for hydroxylation is 1. The molecule has 1 aliphatic heterocycles. The van der Waals surface area contributed by atoms with Crippen LogP contribution >= 0.6 is 11.6 Å². The number of rotatable bonds is 8. The molecule has 1 aromatic heterocycles. The first kappa shape index (κ1) is 22.8. The molecular formula is C23H37ClN4. The van der Waals surface area contributed by atoms with Gasteiger partial charge in [0.25, 0.3) is 0 Å². The first-order valence-corrected chi connectivity index (χ1v) is 11.3. The average molecular weight is 405 g/mol. The molecule has 5 heteroatoms. The topological polar surface area (TPSA) is 24.3 Å². The minimum Gasteiger partial charge on any atom is -0.355 e. The van der Waals surface area contributed by atoms with Gasteiger partial charge in [-0.1, -0.05) is 64.4 Å². The molecule has 156 valence electrons. The zero-order valence-corrected chi connectivity index (χ0v) is 19.0. The molecule has 0 saturated heterocycles. The lowest BCUT2D eigenvalue weighted by atomic mass is 9.93. The second kappa shape index (κ2) is 11.5. The Morgan fingerprint density at radius 1 is 1.11 bits per heavy atom. The molecule has 1 aromatic carbocycles. The largest absolute Gasteiger partial charge is 0.355 e. The van der Waals surface area contributed by atoms with Crippen LogP contribution in [0, 0.1) is 0 Å². The molecule has 1 atom stereocenters. The van der Waals surface area contributed by atoms with E-state index in [1.165, 1.54) is 11.4 Å². The molecular weight excluding hydrogens is 368 g/mol. The van der Waals surface area contributed by atoms with E-state index in [-0.39, 0.29) is 5.92 Å². The summed E-state index contributed by atoms with van der Waals surface area (Å²) in [5.41, 5.74) is 2.33. The quantitative estimate of drug-likeness (QED) is 0.567.